The minimum absolute atomic E-state index is 0.0558. The third kappa shape index (κ3) is 5.79. The van der Waals surface area contributed by atoms with Crippen LogP contribution in [0.15, 0.2) is 30.5 Å². The Bertz CT molecular complexity index is 1090. The van der Waals surface area contributed by atoms with Crippen molar-refractivity contribution >= 4 is 23.3 Å². The van der Waals surface area contributed by atoms with Crippen molar-refractivity contribution in [2.24, 2.45) is 5.92 Å². The van der Waals surface area contributed by atoms with Crippen LogP contribution in [0.1, 0.15) is 58.9 Å². The van der Waals surface area contributed by atoms with Crippen LogP contribution in [0.25, 0.3) is 0 Å². The van der Waals surface area contributed by atoms with E-state index in [0.29, 0.717) is 28.8 Å². The highest BCUT2D eigenvalue weighted by molar-refractivity contribution is 6.30. The number of benzene rings is 1. The van der Waals surface area contributed by atoms with E-state index in [4.69, 9.17) is 16.9 Å². The van der Waals surface area contributed by atoms with Gasteiger partial charge in [-0.25, -0.2) is 4.98 Å². The molecule has 1 aliphatic carbocycles. The third-order valence-corrected chi connectivity index (χ3v) is 6.94. The van der Waals surface area contributed by atoms with Gasteiger partial charge in [-0.1, -0.05) is 11.6 Å². The number of piperazine rings is 1. The number of rotatable bonds is 7. The molecule has 0 bridgehead atoms. The second-order valence-electron chi connectivity index (χ2n) is 9.31. The minimum Gasteiger partial charge on any atom is -0.337 e. The lowest BCUT2D eigenvalue weighted by molar-refractivity contribution is -0.136. The fourth-order valence-corrected chi connectivity index (χ4v) is 4.78. The maximum Gasteiger partial charge on any atom is 0.223 e. The van der Waals surface area contributed by atoms with E-state index >= 15 is 0 Å². The molecule has 1 aromatic heterocycles. The van der Waals surface area contributed by atoms with Gasteiger partial charge in [-0.3, -0.25) is 14.5 Å². The first-order valence-electron chi connectivity index (χ1n) is 11.5. The van der Waals surface area contributed by atoms with Crippen LogP contribution in [-0.2, 0) is 17.8 Å². The minimum atomic E-state index is -0.0558. The van der Waals surface area contributed by atoms with Crippen LogP contribution < -0.4 is 0 Å². The van der Waals surface area contributed by atoms with E-state index in [1.807, 2.05) is 30.0 Å². The summed E-state index contributed by atoms with van der Waals surface area (Å²) in [4.78, 5) is 33.7. The lowest BCUT2D eigenvalue weighted by Gasteiger charge is -2.40. The molecule has 33 heavy (non-hydrogen) atoms. The van der Waals surface area contributed by atoms with Gasteiger partial charge in [-0.2, -0.15) is 5.26 Å². The topological polar surface area (TPSA) is 77.3 Å². The molecular formula is C26H29ClN4O2. The molecule has 0 radical (unpaired) electrons. The van der Waals surface area contributed by atoms with E-state index in [0.717, 1.165) is 42.9 Å². The standard InChI is InChI=1S/C26H29ClN4O2/c1-17-15-30(7-8-31(17)26(33)9-19-3-4-19)16-22-11-23(27)10-21(18(22)2)12-25(32)20-5-6-24(13-28)29-14-20/h5-6,10-11,14,17,19H,3-4,7-9,12,15-16H2,1-2H3/t17-/m0/s1. The maximum absolute atomic E-state index is 12.8. The Balaban J connectivity index is 1.42. The van der Waals surface area contributed by atoms with Gasteiger partial charge in [-0.15, -0.1) is 0 Å². The van der Waals surface area contributed by atoms with E-state index in [1.165, 1.54) is 19.0 Å². The predicted octanol–water partition coefficient (Wildman–Crippen LogP) is 4.17. The Morgan fingerprint density at radius 3 is 2.61 bits per heavy atom. The van der Waals surface area contributed by atoms with Crippen LogP contribution in [-0.4, -0.2) is 52.2 Å². The highest BCUT2D eigenvalue weighted by Crippen LogP contribution is 2.33. The lowest BCUT2D eigenvalue weighted by atomic mass is 9.96. The predicted molar refractivity (Wildman–Crippen MR) is 127 cm³/mol. The van der Waals surface area contributed by atoms with Crippen molar-refractivity contribution in [3.63, 3.8) is 0 Å². The van der Waals surface area contributed by atoms with Crippen LogP contribution >= 0.6 is 11.6 Å². The second-order valence-corrected chi connectivity index (χ2v) is 9.75. The number of Topliss-reactive ketones (excluding diaryl/α,β-unsaturated/α-hetero) is 1. The molecule has 1 saturated carbocycles. The fourth-order valence-electron chi connectivity index (χ4n) is 4.52. The summed E-state index contributed by atoms with van der Waals surface area (Å²) in [7, 11) is 0. The monoisotopic (exact) mass is 464 g/mol. The van der Waals surface area contributed by atoms with E-state index in [9.17, 15) is 9.59 Å². The number of carbonyl (C=O) groups excluding carboxylic acids is 2. The number of halogens is 1. The first kappa shape index (κ1) is 23.4. The van der Waals surface area contributed by atoms with Gasteiger partial charge in [0.1, 0.15) is 11.8 Å². The number of carbonyl (C=O) groups is 2. The van der Waals surface area contributed by atoms with Crippen molar-refractivity contribution in [1.29, 1.82) is 5.26 Å². The van der Waals surface area contributed by atoms with Crippen molar-refractivity contribution in [3.05, 3.63) is 63.4 Å². The molecule has 2 aromatic rings. The molecule has 0 N–H and O–H groups in total. The number of hydrogen-bond donors (Lipinski definition) is 0. The largest absolute Gasteiger partial charge is 0.337 e. The van der Waals surface area contributed by atoms with Crippen LogP contribution in [0.2, 0.25) is 5.02 Å². The molecule has 172 valence electrons. The summed E-state index contributed by atoms with van der Waals surface area (Å²) in [5, 5.41) is 9.51. The molecule has 6 nitrogen and oxygen atoms in total. The number of pyridine rings is 1. The summed E-state index contributed by atoms with van der Waals surface area (Å²) in [6.07, 6.45) is 4.77. The number of amides is 1. The molecule has 0 spiro atoms. The van der Waals surface area contributed by atoms with Crippen LogP contribution in [0.4, 0.5) is 0 Å². The highest BCUT2D eigenvalue weighted by Gasteiger charge is 2.32. The normalized spacial score (nSPS) is 18.7. The van der Waals surface area contributed by atoms with Crippen LogP contribution in [0.5, 0.6) is 0 Å². The van der Waals surface area contributed by atoms with E-state index in [1.54, 1.807) is 12.1 Å². The number of aromatic nitrogens is 1. The summed E-state index contributed by atoms with van der Waals surface area (Å²) < 4.78 is 0. The van der Waals surface area contributed by atoms with Gasteiger partial charge in [-0.05, 0) is 73.6 Å². The molecule has 7 heteroatoms. The first-order chi connectivity index (χ1) is 15.8. The van der Waals surface area contributed by atoms with E-state index in [-0.39, 0.29) is 23.9 Å². The van der Waals surface area contributed by atoms with Gasteiger partial charge in [0.25, 0.3) is 0 Å². The molecule has 1 aliphatic heterocycles. The van der Waals surface area contributed by atoms with Crippen molar-refractivity contribution < 1.29 is 9.59 Å². The summed E-state index contributed by atoms with van der Waals surface area (Å²) in [5.41, 5.74) is 3.84. The van der Waals surface area contributed by atoms with E-state index < -0.39 is 0 Å². The number of nitrogens with zero attached hydrogens (tertiary/aromatic N) is 4. The van der Waals surface area contributed by atoms with Gasteiger partial charge in [0, 0.05) is 61.8 Å². The van der Waals surface area contributed by atoms with Crippen molar-refractivity contribution in [2.75, 3.05) is 19.6 Å². The van der Waals surface area contributed by atoms with Gasteiger partial charge >= 0.3 is 0 Å². The number of hydrogen-bond acceptors (Lipinski definition) is 5. The molecule has 4 rings (SSSR count). The van der Waals surface area contributed by atoms with Gasteiger partial charge in [0.2, 0.25) is 5.91 Å². The van der Waals surface area contributed by atoms with Gasteiger partial charge in [0.15, 0.2) is 5.78 Å². The average molecular weight is 465 g/mol. The molecule has 1 aromatic carbocycles. The van der Waals surface area contributed by atoms with Gasteiger partial charge < -0.3 is 4.90 Å². The van der Waals surface area contributed by atoms with Gasteiger partial charge in [0.05, 0.1) is 0 Å². The quantitative estimate of drug-likeness (QED) is 0.574. The molecule has 0 unspecified atom stereocenters. The molecule has 1 amide bonds. The van der Waals surface area contributed by atoms with Crippen LogP contribution in [0, 0.1) is 24.2 Å². The molecule has 2 fully saturated rings. The summed E-state index contributed by atoms with van der Waals surface area (Å²) in [6, 6.07) is 9.17. The second kappa shape index (κ2) is 10.0. The zero-order valence-electron chi connectivity index (χ0n) is 19.2. The van der Waals surface area contributed by atoms with Crippen molar-refractivity contribution in [3.8, 4) is 6.07 Å². The Morgan fingerprint density at radius 2 is 1.97 bits per heavy atom. The number of nitriles is 1. The van der Waals surface area contributed by atoms with Crippen molar-refractivity contribution in [2.45, 2.75) is 52.1 Å². The Morgan fingerprint density at radius 1 is 1.21 bits per heavy atom. The zero-order valence-corrected chi connectivity index (χ0v) is 19.9. The fraction of sp³-hybridized carbons (Fsp3) is 0.462. The molecule has 1 atom stereocenters. The third-order valence-electron chi connectivity index (χ3n) is 6.72. The Hall–Kier alpha value is -2.75. The molecule has 1 saturated heterocycles. The highest BCUT2D eigenvalue weighted by atomic mass is 35.5. The average Bonchev–Trinajstić information content (AvgIpc) is 3.61. The Labute approximate surface area is 200 Å². The molecular weight excluding hydrogens is 436 g/mol. The molecule has 2 aliphatic rings. The smallest absolute Gasteiger partial charge is 0.223 e. The van der Waals surface area contributed by atoms with Crippen molar-refractivity contribution in [1.82, 2.24) is 14.8 Å². The maximum atomic E-state index is 12.8. The van der Waals surface area contributed by atoms with Crippen LogP contribution in [0.3, 0.4) is 0 Å². The summed E-state index contributed by atoms with van der Waals surface area (Å²) in [6.45, 7) is 7.30. The summed E-state index contributed by atoms with van der Waals surface area (Å²) >= 11 is 6.43. The number of ketones is 1. The molecule has 2 heterocycles. The zero-order chi connectivity index (χ0) is 23.5. The lowest BCUT2D eigenvalue weighted by Crippen LogP contribution is -2.53. The summed E-state index contributed by atoms with van der Waals surface area (Å²) in [5.74, 6) is 0.847. The Kier molecular flexibility index (Phi) is 7.11. The first-order valence-corrected chi connectivity index (χ1v) is 11.9. The SMILES string of the molecule is Cc1c(CC(=O)c2ccc(C#N)nc2)cc(Cl)cc1CN1CCN(C(=O)CC2CC2)[C@@H](C)C1. The van der Waals surface area contributed by atoms with E-state index in [2.05, 4.69) is 16.8 Å².